The van der Waals surface area contributed by atoms with E-state index in [-0.39, 0.29) is 6.61 Å². The van der Waals surface area contributed by atoms with Crippen molar-refractivity contribution in [3.05, 3.63) is 63.6 Å². The summed E-state index contributed by atoms with van der Waals surface area (Å²) in [6.45, 7) is 1.91. The van der Waals surface area contributed by atoms with Crippen LogP contribution in [0, 0.1) is 0 Å². The Kier molecular flexibility index (Phi) is 7.26. The summed E-state index contributed by atoms with van der Waals surface area (Å²) >= 11 is 12.0. The summed E-state index contributed by atoms with van der Waals surface area (Å²) in [5.74, 6) is 0. The maximum Gasteiger partial charge on any atom is 0.438 e. The Morgan fingerprint density at radius 2 is 1.77 bits per heavy atom. The molecule has 0 aliphatic carbocycles. The average molecular weight is 397 g/mol. The quantitative estimate of drug-likeness (QED) is 0.505. The molecule has 0 radical (unpaired) electrons. The van der Waals surface area contributed by atoms with E-state index in [1.807, 2.05) is 6.07 Å². The number of carbonyl (C=O) groups excluding carboxylic acids is 1. The van der Waals surface area contributed by atoms with Gasteiger partial charge in [-0.15, -0.1) is 0 Å². The lowest BCUT2D eigenvalue weighted by molar-refractivity contribution is 0.111. The number of ether oxygens (including phenoxy) is 1. The van der Waals surface area contributed by atoms with Crippen LogP contribution in [0.5, 0.6) is 0 Å². The van der Waals surface area contributed by atoms with Gasteiger partial charge in [-0.05, 0) is 31.2 Å². The van der Waals surface area contributed by atoms with Crippen molar-refractivity contribution >= 4 is 40.7 Å². The van der Waals surface area contributed by atoms with Gasteiger partial charge in [-0.25, -0.2) is 4.79 Å². The van der Waals surface area contributed by atoms with Crippen molar-refractivity contribution in [2.45, 2.75) is 13.5 Å². The van der Waals surface area contributed by atoms with Crippen LogP contribution < -0.4 is 5.06 Å². The van der Waals surface area contributed by atoms with Gasteiger partial charge in [-0.3, -0.25) is 4.84 Å². The summed E-state index contributed by atoms with van der Waals surface area (Å²) < 4.78 is 4.70. The molecule has 0 aliphatic rings. The van der Waals surface area contributed by atoms with Gasteiger partial charge in [0.1, 0.15) is 6.61 Å². The van der Waals surface area contributed by atoms with Gasteiger partial charge in [-0.1, -0.05) is 46.6 Å². The van der Waals surface area contributed by atoms with Gasteiger partial charge in [0.05, 0.1) is 25.6 Å². The van der Waals surface area contributed by atoms with E-state index in [2.05, 4.69) is 5.16 Å². The summed E-state index contributed by atoms with van der Waals surface area (Å²) in [7, 11) is 2.65. The van der Waals surface area contributed by atoms with Gasteiger partial charge in [0.15, 0.2) is 0 Å². The van der Waals surface area contributed by atoms with Crippen LogP contribution in [0.15, 0.2) is 47.6 Å². The number of amides is 1. The molecule has 2 aromatic carbocycles. The Balaban J connectivity index is 2.16. The van der Waals surface area contributed by atoms with Gasteiger partial charge >= 0.3 is 6.09 Å². The monoisotopic (exact) mass is 396 g/mol. The molecule has 6 nitrogen and oxygen atoms in total. The lowest BCUT2D eigenvalue weighted by atomic mass is 10.1. The molecule has 2 rings (SSSR count). The molecule has 26 heavy (non-hydrogen) atoms. The molecule has 0 aromatic heterocycles. The highest BCUT2D eigenvalue weighted by molar-refractivity contribution is 6.35. The smallest absolute Gasteiger partial charge is 0.438 e. The Labute approximate surface area is 161 Å². The van der Waals surface area contributed by atoms with E-state index in [4.69, 9.17) is 37.6 Å². The first-order chi connectivity index (χ1) is 12.5. The summed E-state index contributed by atoms with van der Waals surface area (Å²) in [6, 6.07) is 12.2. The fourth-order valence-electron chi connectivity index (χ4n) is 2.20. The van der Waals surface area contributed by atoms with Crippen molar-refractivity contribution in [3.8, 4) is 0 Å². The predicted molar refractivity (Wildman–Crippen MR) is 102 cm³/mol. The second kappa shape index (κ2) is 9.43. The first-order valence-corrected chi connectivity index (χ1v) is 8.35. The molecular weight excluding hydrogens is 379 g/mol. The summed E-state index contributed by atoms with van der Waals surface area (Å²) in [6.07, 6.45) is -0.645. The van der Waals surface area contributed by atoms with Gasteiger partial charge in [-0.2, -0.15) is 5.06 Å². The molecule has 0 spiro atoms. The molecule has 0 fully saturated rings. The van der Waals surface area contributed by atoms with E-state index in [0.717, 1.165) is 10.6 Å². The summed E-state index contributed by atoms with van der Waals surface area (Å²) in [4.78, 5) is 22.3. The largest absolute Gasteiger partial charge is 0.451 e. The number of hydrogen-bond acceptors (Lipinski definition) is 5. The van der Waals surface area contributed by atoms with Crippen molar-refractivity contribution < 1.29 is 19.2 Å². The lowest BCUT2D eigenvalue weighted by Gasteiger charge is -2.20. The molecule has 8 heteroatoms. The molecule has 0 aliphatic heterocycles. The van der Waals surface area contributed by atoms with Crippen molar-refractivity contribution in [2.24, 2.45) is 5.16 Å². The fourth-order valence-corrected chi connectivity index (χ4v) is 2.73. The van der Waals surface area contributed by atoms with Gasteiger partial charge in [0.2, 0.25) is 0 Å². The second-order valence-electron chi connectivity index (χ2n) is 5.18. The number of para-hydroxylation sites is 1. The number of methoxy groups -OCH3 is 1. The molecule has 1 amide bonds. The Bertz CT molecular complexity index is 791. The van der Waals surface area contributed by atoms with Crippen molar-refractivity contribution in [1.29, 1.82) is 0 Å². The van der Waals surface area contributed by atoms with E-state index in [0.29, 0.717) is 27.0 Å². The van der Waals surface area contributed by atoms with Crippen LogP contribution in [0.1, 0.15) is 18.1 Å². The first-order valence-electron chi connectivity index (χ1n) is 7.59. The molecule has 0 N–H and O–H groups in total. The highest BCUT2D eigenvalue weighted by Crippen LogP contribution is 2.23. The fraction of sp³-hybridized carbons (Fsp3) is 0.222. The number of rotatable bonds is 6. The highest BCUT2D eigenvalue weighted by atomic mass is 35.5. The minimum atomic E-state index is -0.645. The van der Waals surface area contributed by atoms with E-state index in [1.165, 1.54) is 14.2 Å². The maximum atomic E-state index is 11.8. The van der Waals surface area contributed by atoms with E-state index < -0.39 is 6.09 Å². The van der Waals surface area contributed by atoms with Crippen molar-refractivity contribution in [3.63, 3.8) is 0 Å². The summed E-state index contributed by atoms with van der Waals surface area (Å²) in [5.41, 5.74) is 2.56. The van der Waals surface area contributed by atoms with Crippen LogP contribution >= 0.6 is 23.2 Å². The average Bonchev–Trinajstić information content (AvgIpc) is 2.62. The van der Waals surface area contributed by atoms with Crippen LogP contribution in [0.4, 0.5) is 10.5 Å². The molecule has 0 atom stereocenters. The molecule has 0 heterocycles. The Morgan fingerprint density at radius 1 is 1.12 bits per heavy atom. The minimum absolute atomic E-state index is 0.124. The molecule has 0 unspecified atom stereocenters. The Morgan fingerprint density at radius 3 is 2.38 bits per heavy atom. The normalized spacial score (nSPS) is 11.2. The molecule has 0 bridgehead atoms. The van der Waals surface area contributed by atoms with Crippen molar-refractivity contribution in [1.82, 2.24) is 0 Å². The topological polar surface area (TPSA) is 60.4 Å². The third-order valence-corrected chi connectivity index (χ3v) is 3.87. The van der Waals surface area contributed by atoms with Crippen LogP contribution in [-0.2, 0) is 21.0 Å². The Hall–Kier alpha value is -2.28. The molecule has 138 valence electrons. The van der Waals surface area contributed by atoms with E-state index in [9.17, 15) is 4.79 Å². The van der Waals surface area contributed by atoms with E-state index in [1.54, 1.807) is 43.3 Å². The predicted octanol–water partition coefficient (Wildman–Crippen LogP) is 5.07. The number of hydrogen-bond donors (Lipinski definition) is 0. The van der Waals surface area contributed by atoms with Crippen LogP contribution in [0.2, 0.25) is 10.0 Å². The second-order valence-corrected chi connectivity index (χ2v) is 6.06. The number of anilines is 1. The number of oxime groups is 1. The van der Waals surface area contributed by atoms with Crippen LogP contribution in [0.25, 0.3) is 0 Å². The first kappa shape index (κ1) is 20.0. The standard InChI is InChI=1S/C18H18Cl2N2O4/c1-12(14-8-15(19)10-16(20)9-14)21-26-11-13-6-4-5-7-17(13)22(25-3)18(23)24-2/h4-10H,11H2,1-3H3/b21-12+. The zero-order valence-electron chi connectivity index (χ0n) is 14.5. The molecule has 0 saturated heterocycles. The molecule has 0 saturated carbocycles. The number of halogens is 2. The number of hydroxylamine groups is 1. The van der Waals surface area contributed by atoms with Crippen LogP contribution in [0.3, 0.4) is 0 Å². The SMILES string of the molecule is COC(=O)N(OC)c1ccccc1CO/N=C(\C)c1cc(Cl)cc(Cl)c1. The zero-order valence-corrected chi connectivity index (χ0v) is 16.0. The highest BCUT2D eigenvalue weighted by Gasteiger charge is 2.19. The van der Waals surface area contributed by atoms with Gasteiger partial charge in [0, 0.05) is 21.2 Å². The van der Waals surface area contributed by atoms with Crippen LogP contribution in [-0.4, -0.2) is 26.0 Å². The summed E-state index contributed by atoms with van der Waals surface area (Å²) in [5, 5.41) is 6.15. The van der Waals surface area contributed by atoms with E-state index >= 15 is 0 Å². The molecule has 2 aromatic rings. The maximum absolute atomic E-state index is 11.8. The van der Waals surface area contributed by atoms with Gasteiger partial charge < -0.3 is 9.57 Å². The van der Waals surface area contributed by atoms with Crippen molar-refractivity contribution in [2.75, 3.05) is 19.3 Å². The third kappa shape index (κ3) is 5.11. The third-order valence-electron chi connectivity index (χ3n) is 3.44. The van der Waals surface area contributed by atoms with Gasteiger partial charge in [0.25, 0.3) is 0 Å². The number of carbonyl (C=O) groups is 1. The number of nitrogens with zero attached hydrogens (tertiary/aromatic N) is 2. The zero-order chi connectivity index (χ0) is 19.1. The molecular formula is C18H18Cl2N2O4. The number of benzene rings is 2. The lowest BCUT2D eigenvalue weighted by Crippen LogP contribution is -2.30. The minimum Gasteiger partial charge on any atom is -0.451 e.